The molecule has 0 spiro atoms. The molecule has 2 rings (SSSR count). The van der Waals surface area contributed by atoms with E-state index in [1.165, 1.54) is 12.8 Å². The van der Waals surface area contributed by atoms with E-state index in [1.807, 2.05) is 32.9 Å². The summed E-state index contributed by atoms with van der Waals surface area (Å²) in [6.45, 7) is 9.95. The van der Waals surface area contributed by atoms with Crippen LogP contribution in [0.2, 0.25) is 0 Å². The molecule has 0 bridgehead atoms. The van der Waals surface area contributed by atoms with Crippen LogP contribution in [0.4, 0.5) is 11.6 Å². The Balaban J connectivity index is 2.01. The molecule has 1 saturated heterocycles. The van der Waals surface area contributed by atoms with Crippen molar-refractivity contribution in [3.05, 3.63) is 12.1 Å². The fourth-order valence-electron chi connectivity index (χ4n) is 2.26. The number of hydrogen-bond acceptors (Lipinski definition) is 4. The average Bonchev–Trinajstić information content (AvgIpc) is 2.38. The van der Waals surface area contributed by atoms with Gasteiger partial charge in [-0.25, -0.2) is 0 Å². The Morgan fingerprint density at radius 2 is 2.10 bits per heavy atom. The van der Waals surface area contributed by atoms with Gasteiger partial charge in [0.15, 0.2) is 11.6 Å². The molecule has 1 aliphatic rings. The predicted molar refractivity (Wildman–Crippen MR) is 80.7 cm³/mol. The Bertz CT molecular complexity index is 464. The lowest BCUT2D eigenvalue weighted by Gasteiger charge is -2.31. The minimum absolute atomic E-state index is 0.0499. The Hall–Kier alpha value is -1.65. The summed E-state index contributed by atoms with van der Waals surface area (Å²) in [5.41, 5.74) is -0.428. The highest BCUT2D eigenvalue weighted by Crippen LogP contribution is 2.21. The van der Waals surface area contributed by atoms with Crippen LogP contribution in [0, 0.1) is 11.3 Å². The van der Waals surface area contributed by atoms with E-state index in [9.17, 15) is 4.79 Å². The second-order valence-electron chi connectivity index (χ2n) is 6.67. The van der Waals surface area contributed by atoms with Crippen molar-refractivity contribution in [3.63, 3.8) is 0 Å². The minimum atomic E-state index is -0.428. The quantitative estimate of drug-likeness (QED) is 0.902. The van der Waals surface area contributed by atoms with Gasteiger partial charge in [0.05, 0.1) is 0 Å². The van der Waals surface area contributed by atoms with Crippen molar-refractivity contribution in [2.24, 2.45) is 11.3 Å². The number of rotatable bonds is 2. The van der Waals surface area contributed by atoms with Crippen LogP contribution < -0.4 is 10.2 Å². The molecule has 1 amide bonds. The zero-order chi connectivity index (χ0) is 14.8. The molecule has 1 aliphatic heterocycles. The van der Waals surface area contributed by atoms with Gasteiger partial charge in [0.2, 0.25) is 5.91 Å². The highest BCUT2D eigenvalue weighted by molar-refractivity contribution is 5.93. The van der Waals surface area contributed by atoms with E-state index in [0.717, 1.165) is 18.9 Å². The van der Waals surface area contributed by atoms with Crippen LogP contribution in [-0.4, -0.2) is 29.2 Å². The molecule has 0 radical (unpaired) electrons. The molecule has 0 saturated carbocycles. The Labute approximate surface area is 120 Å². The fraction of sp³-hybridized carbons (Fsp3) is 0.667. The number of piperidine rings is 1. The monoisotopic (exact) mass is 276 g/mol. The minimum Gasteiger partial charge on any atom is -0.355 e. The third-order valence-corrected chi connectivity index (χ3v) is 3.55. The van der Waals surface area contributed by atoms with Crippen molar-refractivity contribution in [1.82, 2.24) is 10.2 Å². The van der Waals surface area contributed by atoms with E-state index in [4.69, 9.17) is 0 Å². The van der Waals surface area contributed by atoms with E-state index in [0.29, 0.717) is 11.7 Å². The zero-order valence-corrected chi connectivity index (χ0v) is 12.8. The number of nitrogens with one attached hydrogen (secondary N) is 1. The highest BCUT2D eigenvalue weighted by Gasteiger charge is 2.22. The highest BCUT2D eigenvalue weighted by atomic mass is 16.2. The summed E-state index contributed by atoms with van der Waals surface area (Å²) in [7, 11) is 0. The van der Waals surface area contributed by atoms with Crippen LogP contribution in [0.1, 0.15) is 40.5 Å². The fourth-order valence-corrected chi connectivity index (χ4v) is 2.26. The topological polar surface area (TPSA) is 58.1 Å². The van der Waals surface area contributed by atoms with Gasteiger partial charge in [-0.3, -0.25) is 4.79 Å². The molecule has 0 aromatic carbocycles. The molecule has 1 unspecified atom stereocenters. The van der Waals surface area contributed by atoms with Crippen LogP contribution in [0.25, 0.3) is 0 Å². The molecule has 20 heavy (non-hydrogen) atoms. The third-order valence-electron chi connectivity index (χ3n) is 3.55. The summed E-state index contributed by atoms with van der Waals surface area (Å²) < 4.78 is 0. The first-order valence-corrected chi connectivity index (χ1v) is 7.26. The lowest BCUT2D eigenvalue weighted by Crippen LogP contribution is -2.35. The first-order valence-electron chi connectivity index (χ1n) is 7.26. The van der Waals surface area contributed by atoms with Gasteiger partial charge in [-0.2, -0.15) is 0 Å². The number of amides is 1. The second kappa shape index (κ2) is 5.77. The molecule has 1 aromatic heterocycles. The van der Waals surface area contributed by atoms with E-state index in [1.54, 1.807) is 0 Å². The summed E-state index contributed by atoms with van der Waals surface area (Å²) in [6, 6.07) is 3.76. The van der Waals surface area contributed by atoms with E-state index < -0.39 is 5.41 Å². The maximum atomic E-state index is 11.9. The maximum absolute atomic E-state index is 11.9. The first kappa shape index (κ1) is 14.8. The van der Waals surface area contributed by atoms with Crippen molar-refractivity contribution in [2.45, 2.75) is 40.5 Å². The van der Waals surface area contributed by atoms with Gasteiger partial charge in [-0.1, -0.05) is 27.7 Å². The molecule has 1 N–H and O–H groups in total. The summed E-state index contributed by atoms with van der Waals surface area (Å²) >= 11 is 0. The molecule has 1 aromatic rings. The molecule has 110 valence electrons. The van der Waals surface area contributed by atoms with Crippen LogP contribution >= 0.6 is 0 Å². The lowest BCUT2D eigenvalue weighted by molar-refractivity contribution is -0.123. The van der Waals surface area contributed by atoms with Crippen molar-refractivity contribution in [1.29, 1.82) is 0 Å². The van der Waals surface area contributed by atoms with Gasteiger partial charge in [-0.15, -0.1) is 10.2 Å². The normalized spacial score (nSPS) is 19.8. The SMILES string of the molecule is CC1CCCN(c2ccc(NC(=O)C(C)(C)C)nn2)C1. The van der Waals surface area contributed by atoms with Gasteiger partial charge < -0.3 is 10.2 Å². The van der Waals surface area contributed by atoms with E-state index in [-0.39, 0.29) is 5.91 Å². The van der Waals surface area contributed by atoms with Crippen molar-refractivity contribution >= 4 is 17.5 Å². The number of carbonyl (C=O) groups excluding carboxylic acids is 1. The van der Waals surface area contributed by atoms with Crippen LogP contribution in [0.3, 0.4) is 0 Å². The van der Waals surface area contributed by atoms with Crippen LogP contribution in [-0.2, 0) is 4.79 Å². The van der Waals surface area contributed by atoms with Crippen molar-refractivity contribution < 1.29 is 4.79 Å². The van der Waals surface area contributed by atoms with Gasteiger partial charge in [0.1, 0.15) is 0 Å². The molecule has 0 aliphatic carbocycles. The molecule has 2 heterocycles. The van der Waals surface area contributed by atoms with Gasteiger partial charge >= 0.3 is 0 Å². The van der Waals surface area contributed by atoms with Gasteiger partial charge in [0.25, 0.3) is 0 Å². The molecular weight excluding hydrogens is 252 g/mol. The number of hydrogen-bond donors (Lipinski definition) is 1. The maximum Gasteiger partial charge on any atom is 0.230 e. The molecule has 1 fully saturated rings. The standard InChI is InChI=1S/C15H24N4O/c1-11-6-5-9-19(10-11)13-8-7-12(17-18-13)16-14(20)15(2,3)4/h7-8,11H,5-6,9-10H2,1-4H3,(H,16,17,20). The molecular formula is C15H24N4O. The second-order valence-corrected chi connectivity index (χ2v) is 6.67. The Morgan fingerprint density at radius 3 is 2.65 bits per heavy atom. The summed E-state index contributed by atoms with van der Waals surface area (Å²) in [6.07, 6.45) is 2.48. The van der Waals surface area contributed by atoms with Crippen molar-refractivity contribution in [3.8, 4) is 0 Å². The van der Waals surface area contributed by atoms with Gasteiger partial charge in [-0.05, 0) is 30.9 Å². The van der Waals surface area contributed by atoms with Gasteiger partial charge in [0, 0.05) is 18.5 Å². The summed E-state index contributed by atoms with van der Waals surface area (Å²) in [5.74, 6) is 2.06. The molecule has 5 nitrogen and oxygen atoms in total. The van der Waals surface area contributed by atoms with Crippen LogP contribution in [0.15, 0.2) is 12.1 Å². The van der Waals surface area contributed by atoms with E-state index >= 15 is 0 Å². The van der Waals surface area contributed by atoms with Crippen LogP contribution in [0.5, 0.6) is 0 Å². The largest absolute Gasteiger partial charge is 0.355 e. The smallest absolute Gasteiger partial charge is 0.230 e. The van der Waals surface area contributed by atoms with E-state index in [2.05, 4.69) is 27.3 Å². The summed E-state index contributed by atoms with van der Waals surface area (Å²) in [4.78, 5) is 14.1. The number of anilines is 2. The Morgan fingerprint density at radius 1 is 1.35 bits per heavy atom. The zero-order valence-electron chi connectivity index (χ0n) is 12.8. The molecule has 5 heteroatoms. The molecule has 1 atom stereocenters. The number of nitrogens with zero attached hydrogens (tertiary/aromatic N) is 3. The number of carbonyl (C=O) groups is 1. The summed E-state index contributed by atoms with van der Waals surface area (Å²) in [5, 5.41) is 11.1. The third kappa shape index (κ3) is 3.68. The Kier molecular flexibility index (Phi) is 4.26. The first-order chi connectivity index (χ1) is 9.36. The average molecular weight is 276 g/mol. The lowest BCUT2D eigenvalue weighted by atomic mass is 9.96. The number of aromatic nitrogens is 2. The van der Waals surface area contributed by atoms with Crippen molar-refractivity contribution in [2.75, 3.05) is 23.3 Å². The predicted octanol–water partition coefficient (Wildman–Crippen LogP) is 2.70.